The lowest BCUT2D eigenvalue weighted by Gasteiger charge is -2.53. The van der Waals surface area contributed by atoms with E-state index < -0.39 is 5.91 Å². The second-order valence-electron chi connectivity index (χ2n) is 6.03. The largest absolute Gasteiger partial charge is 0.455 e. The zero-order valence-electron chi connectivity index (χ0n) is 9.93. The van der Waals surface area contributed by atoms with Crippen LogP contribution in [0.1, 0.15) is 32.1 Å². The van der Waals surface area contributed by atoms with Crippen LogP contribution in [0.4, 0.5) is 0 Å². The van der Waals surface area contributed by atoms with Crippen LogP contribution in [0.2, 0.25) is 0 Å². The molecule has 4 rings (SSSR count). The number of carbonyl (C=O) groups excluding carboxylic acids is 2. The van der Waals surface area contributed by atoms with Crippen LogP contribution in [0.25, 0.3) is 0 Å². The summed E-state index contributed by atoms with van der Waals surface area (Å²) in [7, 11) is 0. The quantitative estimate of drug-likeness (QED) is 0.747. The molecule has 4 fully saturated rings. The van der Waals surface area contributed by atoms with Gasteiger partial charge < -0.3 is 10.5 Å². The summed E-state index contributed by atoms with van der Waals surface area (Å²) in [6.07, 6.45) is 6.11. The number of rotatable bonds is 3. The van der Waals surface area contributed by atoms with Gasteiger partial charge in [-0.3, -0.25) is 9.59 Å². The minimum Gasteiger partial charge on any atom is -0.455 e. The lowest BCUT2D eigenvalue weighted by atomic mass is 9.52. The second-order valence-corrected chi connectivity index (χ2v) is 6.03. The Morgan fingerprint density at radius 1 is 1.00 bits per heavy atom. The average molecular weight is 237 g/mol. The van der Waals surface area contributed by atoms with Crippen LogP contribution in [0, 0.1) is 29.6 Å². The van der Waals surface area contributed by atoms with Crippen LogP contribution < -0.4 is 5.73 Å². The third-order valence-corrected chi connectivity index (χ3v) is 4.86. The molecule has 0 aromatic heterocycles. The first-order valence-electron chi connectivity index (χ1n) is 6.58. The lowest BCUT2D eigenvalue weighted by molar-refractivity contribution is -0.164. The zero-order chi connectivity index (χ0) is 12.0. The van der Waals surface area contributed by atoms with Crippen LogP contribution >= 0.6 is 0 Å². The number of amides is 1. The summed E-state index contributed by atoms with van der Waals surface area (Å²) in [4.78, 5) is 22.6. The van der Waals surface area contributed by atoms with Crippen molar-refractivity contribution in [3.63, 3.8) is 0 Å². The van der Waals surface area contributed by atoms with Crippen molar-refractivity contribution in [3.8, 4) is 0 Å². The topological polar surface area (TPSA) is 69.4 Å². The summed E-state index contributed by atoms with van der Waals surface area (Å²) in [5, 5.41) is 0. The fourth-order valence-electron chi connectivity index (χ4n) is 4.55. The molecule has 0 aliphatic heterocycles. The van der Waals surface area contributed by atoms with Gasteiger partial charge in [0, 0.05) is 0 Å². The van der Waals surface area contributed by atoms with Crippen molar-refractivity contribution in [2.75, 3.05) is 6.61 Å². The number of ether oxygens (including phenoxy) is 1. The number of primary amides is 1. The van der Waals surface area contributed by atoms with Gasteiger partial charge in [-0.05, 0) is 55.8 Å². The Morgan fingerprint density at radius 2 is 1.53 bits per heavy atom. The predicted molar refractivity (Wildman–Crippen MR) is 60.7 cm³/mol. The van der Waals surface area contributed by atoms with E-state index in [-0.39, 0.29) is 18.5 Å². The third-order valence-electron chi connectivity index (χ3n) is 4.86. The molecule has 17 heavy (non-hydrogen) atoms. The van der Waals surface area contributed by atoms with E-state index in [0.717, 1.165) is 11.8 Å². The lowest BCUT2D eigenvalue weighted by Crippen LogP contribution is -2.48. The van der Waals surface area contributed by atoms with Gasteiger partial charge in [-0.15, -0.1) is 0 Å². The van der Waals surface area contributed by atoms with Gasteiger partial charge in [0.1, 0.15) is 0 Å². The number of hydrogen-bond donors (Lipinski definition) is 1. The van der Waals surface area contributed by atoms with Crippen molar-refractivity contribution < 1.29 is 14.3 Å². The smallest absolute Gasteiger partial charge is 0.310 e. The molecular weight excluding hydrogens is 218 g/mol. The van der Waals surface area contributed by atoms with Crippen LogP contribution in [0.15, 0.2) is 0 Å². The molecule has 4 aliphatic carbocycles. The monoisotopic (exact) mass is 237 g/mol. The SMILES string of the molecule is NC(=O)COC(=O)C1C2CC3CC(C2)CC1C3. The highest BCUT2D eigenvalue weighted by atomic mass is 16.5. The predicted octanol–water partition coefficient (Wildman–Crippen LogP) is 1.09. The fourth-order valence-corrected chi connectivity index (χ4v) is 4.55. The molecule has 0 aromatic rings. The van der Waals surface area contributed by atoms with Gasteiger partial charge in [0.2, 0.25) is 0 Å². The first kappa shape index (κ1) is 11.1. The van der Waals surface area contributed by atoms with Gasteiger partial charge >= 0.3 is 5.97 Å². The Morgan fingerprint density at radius 3 is 2.00 bits per heavy atom. The maximum absolute atomic E-state index is 12.0. The second kappa shape index (κ2) is 4.00. The van der Waals surface area contributed by atoms with Crippen LogP contribution in [0.3, 0.4) is 0 Å². The summed E-state index contributed by atoms with van der Waals surface area (Å²) in [5.74, 6) is 2.00. The van der Waals surface area contributed by atoms with E-state index in [1.807, 2.05) is 0 Å². The number of esters is 1. The molecule has 4 saturated carbocycles. The van der Waals surface area contributed by atoms with E-state index >= 15 is 0 Å². The first-order valence-corrected chi connectivity index (χ1v) is 6.58. The van der Waals surface area contributed by atoms with E-state index in [4.69, 9.17) is 10.5 Å². The summed E-state index contributed by atoms with van der Waals surface area (Å²) in [6, 6.07) is 0. The molecule has 4 aliphatic rings. The molecule has 0 saturated heterocycles. The molecule has 0 atom stereocenters. The molecule has 1 amide bonds. The third kappa shape index (κ3) is 1.94. The van der Waals surface area contributed by atoms with E-state index in [1.165, 1.54) is 32.1 Å². The molecule has 2 N–H and O–H groups in total. The molecule has 0 radical (unpaired) electrons. The Hall–Kier alpha value is -1.06. The van der Waals surface area contributed by atoms with Crippen LogP contribution in [-0.4, -0.2) is 18.5 Å². The normalized spacial score (nSPS) is 42.5. The van der Waals surface area contributed by atoms with Gasteiger partial charge in [-0.2, -0.15) is 0 Å². The zero-order valence-corrected chi connectivity index (χ0v) is 9.93. The molecule has 0 heterocycles. The fraction of sp³-hybridized carbons (Fsp3) is 0.846. The van der Waals surface area contributed by atoms with Gasteiger partial charge in [0.15, 0.2) is 6.61 Å². The molecule has 0 spiro atoms. The number of carbonyl (C=O) groups is 2. The van der Waals surface area contributed by atoms with Crippen molar-refractivity contribution in [1.29, 1.82) is 0 Å². The van der Waals surface area contributed by atoms with E-state index in [1.54, 1.807) is 0 Å². The maximum Gasteiger partial charge on any atom is 0.310 e. The highest BCUT2D eigenvalue weighted by Gasteiger charge is 2.51. The number of nitrogens with two attached hydrogens (primary N) is 1. The molecule has 4 bridgehead atoms. The van der Waals surface area contributed by atoms with E-state index in [2.05, 4.69) is 0 Å². The summed E-state index contributed by atoms with van der Waals surface area (Å²) < 4.78 is 5.02. The molecule has 4 nitrogen and oxygen atoms in total. The standard InChI is InChI=1S/C13H19NO3/c14-11(15)6-17-13(16)12-9-2-7-1-8(4-9)5-10(12)3-7/h7-10,12H,1-6H2,(H2,14,15). The molecule has 94 valence electrons. The van der Waals surface area contributed by atoms with Crippen molar-refractivity contribution >= 4 is 11.9 Å². The van der Waals surface area contributed by atoms with Gasteiger partial charge in [-0.1, -0.05) is 0 Å². The van der Waals surface area contributed by atoms with Crippen LogP contribution in [-0.2, 0) is 14.3 Å². The first-order chi connectivity index (χ1) is 8.13. The summed E-state index contributed by atoms with van der Waals surface area (Å²) in [5.41, 5.74) is 5.00. The van der Waals surface area contributed by atoms with Crippen molar-refractivity contribution in [2.45, 2.75) is 32.1 Å². The van der Waals surface area contributed by atoms with E-state index in [0.29, 0.717) is 11.8 Å². The van der Waals surface area contributed by atoms with Gasteiger partial charge in [-0.25, -0.2) is 0 Å². The van der Waals surface area contributed by atoms with Crippen molar-refractivity contribution in [3.05, 3.63) is 0 Å². The molecule has 4 heteroatoms. The van der Waals surface area contributed by atoms with Gasteiger partial charge in [0.25, 0.3) is 5.91 Å². The Kier molecular flexibility index (Phi) is 2.60. The Labute approximate surface area is 101 Å². The number of hydrogen-bond acceptors (Lipinski definition) is 3. The highest BCUT2D eigenvalue weighted by Crippen LogP contribution is 2.56. The molecular formula is C13H19NO3. The summed E-state index contributed by atoms with van der Waals surface area (Å²) in [6.45, 7) is -0.262. The van der Waals surface area contributed by atoms with Crippen molar-refractivity contribution in [1.82, 2.24) is 0 Å². The molecule has 0 unspecified atom stereocenters. The minimum absolute atomic E-state index is 0.0437. The Balaban J connectivity index is 1.67. The van der Waals surface area contributed by atoms with E-state index in [9.17, 15) is 9.59 Å². The van der Waals surface area contributed by atoms with Crippen LogP contribution in [0.5, 0.6) is 0 Å². The molecule has 0 aromatic carbocycles. The van der Waals surface area contributed by atoms with Gasteiger partial charge in [0.05, 0.1) is 5.92 Å². The average Bonchev–Trinajstić information content (AvgIpc) is 2.24. The minimum atomic E-state index is -0.567. The van der Waals surface area contributed by atoms with Crippen molar-refractivity contribution in [2.24, 2.45) is 35.3 Å². The maximum atomic E-state index is 12.0. The summed E-state index contributed by atoms with van der Waals surface area (Å²) >= 11 is 0. The highest BCUT2D eigenvalue weighted by molar-refractivity contribution is 5.80. The Bertz CT molecular complexity index is 325.